The highest BCUT2D eigenvalue weighted by Crippen LogP contribution is 2.39. The molecule has 23 heavy (non-hydrogen) atoms. The second kappa shape index (κ2) is 7.43. The predicted octanol–water partition coefficient (Wildman–Crippen LogP) is 3.09. The summed E-state index contributed by atoms with van der Waals surface area (Å²) in [5, 5.41) is 0. The molecule has 2 aliphatic heterocycles. The number of carbonyl (C=O) groups excluding carboxylic acids is 1. The summed E-state index contributed by atoms with van der Waals surface area (Å²) in [7, 11) is 0. The first-order chi connectivity index (χ1) is 11.2. The molecule has 0 aliphatic carbocycles. The van der Waals surface area contributed by atoms with E-state index in [4.69, 9.17) is 0 Å². The number of unbranched alkanes of at least 4 members (excludes halogenated alkanes) is 1. The Morgan fingerprint density at radius 3 is 2.83 bits per heavy atom. The van der Waals surface area contributed by atoms with Gasteiger partial charge in [0.05, 0.1) is 0 Å². The molecule has 0 radical (unpaired) electrons. The Labute approximate surface area is 139 Å². The highest BCUT2D eigenvalue weighted by molar-refractivity contribution is 5.77. The van der Waals surface area contributed by atoms with Crippen LogP contribution in [0.1, 0.15) is 51.0 Å². The summed E-state index contributed by atoms with van der Waals surface area (Å²) in [6.07, 6.45) is 10.4. The van der Waals surface area contributed by atoms with Crippen molar-refractivity contribution in [3.63, 3.8) is 0 Å². The van der Waals surface area contributed by atoms with Crippen molar-refractivity contribution < 1.29 is 4.79 Å². The van der Waals surface area contributed by atoms with Crippen LogP contribution in [0.25, 0.3) is 0 Å². The van der Waals surface area contributed by atoms with Gasteiger partial charge in [-0.25, -0.2) is 0 Å². The number of nitrogens with zero attached hydrogens (tertiary/aromatic N) is 3. The predicted molar refractivity (Wildman–Crippen MR) is 91.9 cm³/mol. The maximum atomic E-state index is 12.2. The third-order valence-electron chi connectivity index (χ3n) is 5.43. The number of likely N-dealkylation sites (tertiary alicyclic amines) is 2. The molecule has 0 N–H and O–H groups in total. The van der Waals surface area contributed by atoms with Crippen LogP contribution >= 0.6 is 0 Å². The first-order valence-electron chi connectivity index (χ1n) is 9.10. The van der Waals surface area contributed by atoms with E-state index in [-0.39, 0.29) is 0 Å². The zero-order valence-electron chi connectivity index (χ0n) is 14.3. The molecule has 2 fully saturated rings. The summed E-state index contributed by atoms with van der Waals surface area (Å²) in [5.41, 5.74) is 1.67. The molecule has 0 bridgehead atoms. The molecule has 1 aromatic heterocycles. The van der Waals surface area contributed by atoms with Crippen molar-refractivity contribution in [1.29, 1.82) is 0 Å². The standard InChI is InChI=1S/C19H29N3O/c1-2-3-13-22-16-19(9-5-18(22)23)8-4-12-21(15-19)14-17-6-10-20-11-7-17/h6-7,10-11H,2-5,8-9,12-16H2,1H3/t19-/m0/s1. The van der Waals surface area contributed by atoms with Gasteiger partial charge in [0, 0.05) is 50.4 Å². The lowest BCUT2D eigenvalue weighted by Gasteiger charge is -2.48. The van der Waals surface area contributed by atoms with E-state index in [1.165, 1.54) is 24.9 Å². The van der Waals surface area contributed by atoms with Crippen LogP contribution in [0.2, 0.25) is 0 Å². The summed E-state index contributed by atoms with van der Waals surface area (Å²) < 4.78 is 0. The zero-order chi connectivity index (χ0) is 16.1. The molecule has 2 aliphatic rings. The van der Waals surface area contributed by atoms with Gasteiger partial charge in [0.1, 0.15) is 0 Å². The minimum Gasteiger partial charge on any atom is -0.342 e. The molecule has 3 rings (SSSR count). The Morgan fingerprint density at radius 1 is 1.22 bits per heavy atom. The number of carbonyl (C=O) groups is 1. The summed E-state index contributed by atoms with van der Waals surface area (Å²) >= 11 is 0. The molecule has 0 aromatic carbocycles. The van der Waals surface area contributed by atoms with E-state index >= 15 is 0 Å². The van der Waals surface area contributed by atoms with Crippen LogP contribution in [0.4, 0.5) is 0 Å². The number of aromatic nitrogens is 1. The average molecular weight is 315 g/mol. The molecule has 4 heteroatoms. The van der Waals surface area contributed by atoms with Gasteiger partial charge >= 0.3 is 0 Å². The van der Waals surface area contributed by atoms with E-state index in [9.17, 15) is 4.79 Å². The first-order valence-corrected chi connectivity index (χ1v) is 9.10. The lowest BCUT2D eigenvalue weighted by atomic mass is 9.73. The van der Waals surface area contributed by atoms with Crippen molar-refractivity contribution in [3.05, 3.63) is 30.1 Å². The zero-order valence-corrected chi connectivity index (χ0v) is 14.3. The lowest BCUT2D eigenvalue weighted by molar-refractivity contribution is -0.139. The van der Waals surface area contributed by atoms with Gasteiger partial charge in [-0.05, 0) is 49.9 Å². The fourth-order valence-corrected chi connectivity index (χ4v) is 4.18. The van der Waals surface area contributed by atoms with Gasteiger partial charge < -0.3 is 4.90 Å². The Bertz CT molecular complexity index is 519. The number of piperidine rings is 2. The fourth-order valence-electron chi connectivity index (χ4n) is 4.18. The van der Waals surface area contributed by atoms with Gasteiger partial charge in [0.2, 0.25) is 5.91 Å². The van der Waals surface area contributed by atoms with Gasteiger partial charge in [-0.15, -0.1) is 0 Å². The van der Waals surface area contributed by atoms with Crippen molar-refractivity contribution in [3.8, 4) is 0 Å². The number of pyridine rings is 1. The second-order valence-electron chi connectivity index (χ2n) is 7.34. The van der Waals surface area contributed by atoms with Crippen LogP contribution in [-0.4, -0.2) is 46.9 Å². The van der Waals surface area contributed by atoms with E-state index < -0.39 is 0 Å². The number of hydrogen-bond acceptors (Lipinski definition) is 3. The fraction of sp³-hybridized carbons (Fsp3) is 0.684. The van der Waals surface area contributed by atoms with E-state index in [0.717, 1.165) is 51.9 Å². The third kappa shape index (κ3) is 4.11. The van der Waals surface area contributed by atoms with Crippen molar-refractivity contribution in [1.82, 2.24) is 14.8 Å². The Hall–Kier alpha value is -1.42. The van der Waals surface area contributed by atoms with Gasteiger partial charge in [-0.3, -0.25) is 14.7 Å². The molecule has 1 aromatic rings. The van der Waals surface area contributed by atoms with Crippen molar-refractivity contribution in [2.75, 3.05) is 26.2 Å². The van der Waals surface area contributed by atoms with Gasteiger partial charge in [-0.2, -0.15) is 0 Å². The maximum absolute atomic E-state index is 12.2. The number of amides is 1. The van der Waals surface area contributed by atoms with Crippen LogP contribution < -0.4 is 0 Å². The Balaban J connectivity index is 1.63. The molecule has 0 saturated carbocycles. The number of rotatable bonds is 5. The van der Waals surface area contributed by atoms with E-state index in [2.05, 4.69) is 33.8 Å². The molecule has 2 saturated heterocycles. The lowest BCUT2D eigenvalue weighted by Crippen LogP contribution is -2.53. The molecule has 0 unspecified atom stereocenters. The molecular formula is C19H29N3O. The molecule has 1 atom stereocenters. The highest BCUT2D eigenvalue weighted by atomic mass is 16.2. The second-order valence-corrected chi connectivity index (χ2v) is 7.34. The van der Waals surface area contributed by atoms with Crippen LogP contribution in [0.5, 0.6) is 0 Å². The van der Waals surface area contributed by atoms with Crippen LogP contribution in [0.3, 0.4) is 0 Å². The van der Waals surface area contributed by atoms with Crippen molar-refractivity contribution in [2.45, 2.75) is 52.0 Å². The Kier molecular flexibility index (Phi) is 5.31. The highest BCUT2D eigenvalue weighted by Gasteiger charge is 2.41. The Morgan fingerprint density at radius 2 is 2.04 bits per heavy atom. The third-order valence-corrected chi connectivity index (χ3v) is 5.43. The smallest absolute Gasteiger partial charge is 0.222 e. The molecule has 4 nitrogen and oxygen atoms in total. The summed E-state index contributed by atoms with van der Waals surface area (Å²) in [6.45, 7) is 7.42. The largest absolute Gasteiger partial charge is 0.342 e. The van der Waals surface area contributed by atoms with Crippen LogP contribution in [0.15, 0.2) is 24.5 Å². The summed E-state index contributed by atoms with van der Waals surface area (Å²) in [6, 6.07) is 4.22. The number of hydrogen-bond donors (Lipinski definition) is 0. The summed E-state index contributed by atoms with van der Waals surface area (Å²) in [4.78, 5) is 21.0. The minimum atomic E-state index is 0.326. The SMILES string of the molecule is CCCCN1C[C@@]2(CCCN(Cc3ccncc3)C2)CCC1=O. The molecule has 3 heterocycles. The monoisotopic (exact) mass is 315 g/mol. The van der Waals surface area contributed by atoms with E-state index in [1.54, 1.807) is 0 Å². The van der Waals surface area contributed by atoms with Crippen LogP contribution in [-0.2, 0) is 11.3 Å². The average Bonchev–Trinajstić information content (AvgIpc) is 2.57. The van der Waals surface area contributed by atoms with Gasteiger partial charge in [0.25, 0.3) is 0 Å². The molecule has 1 amide bonds. The minimum absolute atomic E-state index is 0.326. The van der Waals surface area contributed by atoms with Crippen molar-refractivity contribution in [2.24, 2.45) is 5.41 Å². The van der Waals surface area contributed by atoms with E-state index in [1.807, 2.05) is 12.4 Å². The quantitative estimate of drug-likeness (QED) is 0.838. The normalized spacial score (nSPS) is 26.0. The van der Waals surface area contributed by atoms with Gasteiger partial charge in [-0.1, -0.05) is 13.3 Å². The van der Waals surface area contributed by atoms with E-state index in [0.29, 0.717) is 11.3 Å². The van der Waals surface area contributed by atoms with Crippen molar-refractivity contribution >= 4 is 5.91 Å². The summed E-state index contributed by atoms with van der Waals surface area (Å²) in [5.74, 6) is 0.371. The first kappa shape index (κ1) is 16.4. The molecule has 1 spiro atoms. The van der Waals surface area contributed by atoms with Crippen LogP contribution in [0, 0.1) is 5.41 Å². The van der Waals surface area contributed by atoms with Gasteiger partial charge in [0.15, 0.2) is 0 Å². The molecule has 126 valence electrons. The maximum Gasteiger partial charge on any atom is 0.222 e. The molecular weight excluding hydrogens is 286 g/mol. The topological polar surface area (TPSA) is 36.4 Å².